The second-order valence-corrected chi connectivity index (χ2v) is 5.67. The lowest BCUT2D eigenvalue weighted by Crippen LogP contribution is -2.26. The number of nitrogens with one attached hydrogen (secondary N) is 1. The third kappa shape index (κ3) is 8.79. The van der Waals surface area contributed by atoms with Gasteiger partial charge in [0.1, 0.15) is 0 Å². The molecule has 1 aromatic rings. The quantitative estimate of drug-likeness (QED) is 0.366. The number of hydrogen-bond acceptors (Lipinski definition) is 2. The third-order valence-electron chi connectivity index (χ3n) is 3.56. The van der Waals surface area contributed by atoms with Crippen LogP contribution in [-0.4, -0.2) is 18.5 Å². The molecule has 0 unspecified atom stereocenters. The lowest BCUT2D eigenvalue weighted by atomic mass is 10.1. The van der Waals surface area contributed by atoms with Crippen molar-refractivity contribution >= 4 is 17.6 Å². The minimum absolute atomic E-state index is 0.180. The summed E-state index contributed by atoms with van der Waals surface area (Å²) in [5, 5.41) is 11.7. The van der Waals surface area contributed by atoms with Crippen molar-refractivity contribution in [3.05, 3.63) is 29.8 Å². The van der Waals surface area contributed by atoms with Gasteiger partial charge in [0.15, 0.2) is 0 Å². The zero-order valence-corrected chi connectivity index (χ0v) is 14.5. The maximum atomic E-state index is 8.75. The molecule has 0 amide bonds. The Labute approximate surface area is 144 Å². The third-order valence-corrected chi connectivity index (χ3v) is 3.56. The molecule has 0 aromatic heterocycles. The normalized spacial score (nSPS) is 12.0. The Balaban J connectivity index is 2.29. The van der Waals surface area contributed by atoms with Gasteiger partial charge < -0.3 is 16.8 Å². The van der Waals surface area contributed by atoms with Crippen LogP contribution >= 0.6 is 0 Å². The van der Waals surface area contributed by atoms with Gasteiger partial charge in [0.05, 0.1) is 11.6 Å². The second kappa shape index (κ2) is 11.9. The van der Waals surface area contributed by atoms with E-state index in [1.54, 1.807) is 24.3 Å². The maximum absolute atomic E-state index is 8.75. The number of hydrogen-bond donors (Lipinski definition) is 3. The van der Waals surface area contributed by atoms with Crippen LogP contribution < -0.4 is 16.8 Å². The average molecular weight is 328 g/mol. The van der Waals surface area contributed by atoms with Crippen LogP contribution in [0.3, 0.4) is 0 Å². The highest BCUT2D eigenvalue weighted by molar-refractivity contribution is 6.00. The monoisotopic (exact) mass is 328 g/mol. The Morgan fingerprint density at radius 1 is 1.04 bits per heavy atom. The van der Waals surface area contributed by atoms with Gasteiger partial charge in [-0.3, -0.25) is 4.99 Å². The van der Waals surface area contributed by atoms with Crippen LogP contribution in [0.25, 0.3) is 0 Å². The summed E-state index contributed by atoms with van der Waals surface area (Å²) in [6.07, 6.45) is 8.66. The van der Waals surface area contributed by atoms with E-state index in [0.717, 1.165) is 12.1 Å². The molecule has 1 aromatic carbocycles. The molecule has 0 aliphatic rings. The molecule has 0 aliphatic heterocycles. The largest absolute Gasteiger partial charge is 0.369 e. The van der Waals surface area contributed by atoms with Gasteiger partial charge in [0.2, 0.25) is 11.9 Å². The van der Waals surface area contributed by atoms with Crippen molar-refractivity contribution in [2.24, 2.45) is 21.5 Å². The first-order valence-corrected chi connectivity index (χ1v) is 8.57. The van der Waals surface area contributed by atoms with Gasteiger partial charge >= 0.3 is 0 Å². The molecule has 6 nitrogen and oxygen atoms in total. The predicted molar refractivity (Wildman–Crippen MR) is 101 cm³/mol. The smallest absolute Gasteiger partial charge is 0.218 e. The molecule has 0 fully saturated rings. The van der Waals surface area contributed by atoms with Crippen molar-refractivity contribution in [1.29, 1.82) is 5.26 Å². The van der Waals surface area contributed by atoms with E-state index in [2.05, 4.69) is 28.3 Å². The highest BCUT2D eigenvalue weighted by Gasteiger charge is 1.97. The van der Waals surface area contributed by atoms with Crippen molar-refractivity contribution in [3.63, 3.8) is 0 Å². The lowest BCUT2D eigenvalue weighted by Gasteiger charge is -2.05. The summed E-state index contributed by atoms with van der Waals surface area (Å²) >= 11 is 0. The zero-order chi connectivity index (χ0) is 17.6. The number of nitrogens with zero attached hydrogens (tertiary/aromatic N) is 3. The summed E-state index contributed by atoms with van der Waals surface area (Å²) < 4.78 is 0. The van der Waals surface area contributed by atoms with Gasteiger partial charge in [-0.25, -0.2) is 0 Å². The van der Waals surface area contributed by atoms with E-state index in [4.69, 9.17) is 16.7 Å². The number of anilines is 1. The van der Waals surface area contributed by atoms with E-state index in [-0.39, 0.29) is 11.9 Å². The molecule has 130 valence electrons. The summed E-state index contributed by atoms with van der Waals surface area (Å²) in [6, 6.07) is 8.98. The van der Waals surface area contributed by atoms with Gasteiger partial charge in [-0.15, -0.1) is 0 Å². The molecular formula is C18H28N6. The topological polar surface area (TPSA) is 113 Å². The first-order valence-electron chi connectivity index (χ1n) is 8.57. The molecular weight excluding hydrogens is 300 g/mol. The van der Waals surface area contributed by atoms with Gasteiger partial charge in [-0.2, -0.15) is 10.3 Å². The molecule has 0 heterocycles. The first kappa shape index (κ1) is 19.5. The summed E-state index contributed by atoms with van der Waals surface area (Å²) in [5.74, 6) is 0.361. The summed E-state index contributed by atoms with van der Waals surface area (Å²) in [4.78, 5) is 8.23. The number of unbranched alkanes of at least 4 members (excludes halogenated alkanes) is 6. The molecule has 0 atom stereocenters. The van der Waals surface area contributed by atoms with Gasteiger partial charge in [-0.1, -0.05) is 45.4 Å². The lowest BCUT2D eigenvalue weighted by molar-refractivity contribution is 0.593. The van der Waals surface area contributed by atoms with Crippen LogP contribution in [0.1, 0.15) is 57.4 Å². The first-order chi connectivity index (χ1) is 11.7. The van der Waals surface area contributed by atoms with Gasteiger partial charge in [0.25, 0.3) is 0 Å². The van der Waals surface area contributed by atoms with Gasteiger partial charge in [-0.05, 0) is 30.7 Å². The van der Waals surface area contributed by atoms with E-state index in [0.29, 0.717) is 12.1 Å². The maximum Gasteiger partial charge on any atom is 0.218 e. The Morgan fingerprint density at radius 2 is 1.67 bits per heavy atom. The fourth-order valence-corrected chi connectivity index (χ4v) is 2.23. The summed E-state index contributed by atoms with van der Waals surface area (Å²) in [6.45, 7) is 2.90. The van der Waals surface area contributed by atoms with E-state index in [1.165, 1.54) is 38.5 Å². The van der Waals surface area contributed by atoms with Crippen LogP contribution in [0.15, 0.2) is 34.3 Å². The van der Waals surface area contributed by atoms with Crippen LogP contribution in [0.5, 0.6) is 0 Å². The van der Waals surface area contributed by atoms with E-state index < -0.39 is 0 Å². The Bertz CT molecular complexity index is 568. The Hall–Kier alpha value is -2.55. The molecule has 0 saturated heterocycles. The molecule has 0 spiro atoms. The van der Waals surface area contributed by atoms with E-state index in [9.17, 15) is 0 Å². The SMILES string of the molecule is CCCCCCCCCN=C(N)/N=C(\N)Nc1ccc(C#N)cc1. The Morgan fingerprint density at radius 3 is 2.29 bits per heavy atom. The second-order valence-electron chi connectivity index (χ2n) is 5.67. The predicted octanol–water partition coefficient (Wildman–Crippen LogP) is 3.35. The standard InChI is InChI=1S/C18H28N6/c1-2-3-4-5-6-7-8-13-22-17(20)24-18(21)23-16-11-9-15(14-19)10-12-16/h9-12H,2-8,13H2,1H3,(H5,20,21,22,23,24). The van der Waals surface area contributed by atoms with Crippen molar-refractivity contribution in [2.75, 3.05) is 11.9 Å². The highest BCUT2D eigenvalue weighted by Crippen LogP contribution is 2.08. The fourth-order valence-electron chi connectivity index (χ4n) is 2.23. The van der Waals surface area contributed by atoms with Crippen LogP contribution in [0.2, 0.25) is 0 Å². The van der Waals surface area contributed by atoms with E-state index >= 15 is 0 Å². The highest BCUT2D eigenvalue weighted by atomic mass is 15.2. The van der Waals surface area contributed by atoms with Crippen LogP contribution in [0.4, 0.5) is 5.69 Å². The number of nitrogens with two attached hydrogens (primary N) is 2. The molecule has 0 radical (unpaired) electrons. The summed E-state index contributed by atoms with van der Waals surface area (Å²) in [5.41, 5.74) is 12.9. The minimum Gasteiger partial charge on any atom is -0.369 e. The van der Waals surface area contributed by atoms with Crippen LogP contribution in [0, 0.1) is 11.3 Å². The molecule has 6 heteroatoms. The Kier molecular flexibility index (Phi) is 9.70. The number of aliphatic imine (C=N–C) groups is 2. The van der Waals surface area contributed by atoms with Crippen LogP contribution in [-0.2, 0) is 0 Å². The van der Waals surface area contributed by atoms with Crippen molar-refractivity contribution in [1.82, 2.24) is 0 Å². The number of nitriles is 1. The molecule has 1 rings (SSSR count). The van der Waals surface area contributed by atoms with Gasteiger partial charge in [0, 0.05) is 12.2 Å². The zero-order valence-electron chi connectivity index (χ0n) is 14.5. The number of guanidine groups is 2. The molecule has 0 saturated carbocycles. The average Bonchev–Trinajstić information content (AvgIpc) is 2.58. The summed E-state index contributed by atoms with van der Waals surface area (Å²) in [7, 11) is 0. The fraction of sp³-hybridized carbons (Fsp3) is 0.500. The minimum atomic E-state index is 0.180. The van der Waals surface area contributed by atoms with Crippen molar-refractivity contribution in [2.45, 2.75) is 51.9 Å². The molecule has 24 heavy (non-hydrogen) atoms. The number of benzene rings is 1. The number of rotatable bonds is 9. The van der Waals surface area contributed by atoms with Crippen molar-refractivity contribution in [3.8, 4) is 6.07 Å². The molecule has 0 aliphatic carbocycles. The van der Waals surface area contributed by atoms with Crippen molar-refractivity contribution < 1.29 is 0 Å². The van der Waals surface area contributed by atoms with E-state index in [1.807, 2.05) is 0 Å². The molecule has 0 bridgehead atoms. The molecule has 5 N–H and O–H groups in total.